The van der Waals surface area contributed by atoms with Gasteiger partial charge in [-0.15, -0.1) is 0 Å². The standard InChI is InChI=1S/C34H61N5O4/c1-12-24(6)21-35-30(40)26-17-15-19-39(26)32(42)25(7)20-28(22(2)3)37(11)33(43)29(34(8,9)10)36-31(41)27-16-13-14-18-38(27)23(4)5/h20,22-24,26-29H,12-19,21H2,1-11H3,(H,35,40)(H,36,41)/b25-20+/t24-,26?,27?,28+,29?/m0/s1. The number of rotatable bonds is 12. The molecular formula is C34H61N5O4. The molecule has 0 aromatic heterocycles. The number of nitrogens with one attached hydrogen (secondary N) is 2. The van der Waals surface area contributed by atoms with E-state index in [1.54, 1.807) is 23.8 Å². The normalized spacial score (nSPS) is 22.3. The first-order valence-corrected chi connectivity index (χ1v) is 16.6. The quantitative estimate of drug-likeness (QED) is 0.323. The number of nitrogens with zero attached hydrogens (tertiary/aromatic N) is 3. The Hall–Kier alpha value is -2.42. The summed E-state index contributed by atoms with van der Waals surface area (Å²) in [6, 6.07) is -1.54. The lowest BCUT2D eigenvalue weighted by atomic mass is 9.84. The van der Waals surface area contributed by atoms with Crippen molar-refractivity contribution in [3.63, 3.8) is 0 Å². The number of likely N-dealkylation sites (tertiary alicyclic amines) is 2. The van der Waals surface area contributed by atoms with E-state index < -0.39 is 17.5 Å². The fourth-order valence-electron chi connectivity index (χ4n) is 6.22. The van der Waals surface area contributed by atoms with Gasteiger partial charge in [0, 0.05) is 31.8 Å². The monoisotopic (exact) mass is 603 g/mol. The SMILES string of the molecule is CC[C@H](C)CNC(=O)C1CCCN1C(=O)/C(C)=C/[C@H](C(C)C)N(C)C(=O)C(NC(=O)C1CCCCN1C(C)C)C(C)(C)C. The zero-order valence-corrected chi connectivity index (χ0v) is 29.0. The molecule has 2 aliphatic rings. The van der Waals surface area contributed by atoms with E-state index in [4.69, 9.17) is 0 Å². The van der Waals surface area contributed by atoms with E-state index in [0.29, 0.717) is 31.0 Å². The maximum Gasteiger partial charge on any atom is 0.249 e. The Morgan fingerprint density at radius 2 is 1.56 bits per heavy atom. The number of hydrogen-bond donors (Lipinski definition) is 2. The van der Waals surface area contributed by atoms with Gasteiger partial charge in [0.1, 0.15) is 12.1 Å². The van der Waals surface area contributed by atoms with Crippen molar-refractivity contribution in [2.24, 2.45) is 17.3 Å². The fourth-order valence-corrected chi connectivity index (χ4v) is 6.22. The largest absolute Gasteiger partial charge is 0.354 e. The van der Waals surface area contributed by atoms with Crippen molar-refractivity contribution in [2.45, 2.75) is 138 Å². The Morgan fingerprint density at radius 1 is 0.930 bits per heavy atom. The van der Waals surface area contributed by atoms with Gasteiger partial charge in [0.15, 0.2) is 0 Å². The molecule has 43 heavy (non-hydrogen) atoms. The highest BCUT2D eigenvalue weighted by atomic mass is 16.2. The summed E-state index contributed by atoms with van der Waals surface area (Å²) >= 11 is 0. The first-order chi connectivity index (χ1) is 20.0. The van der Waals surface area contributed by atoms with Crippen molar-refractivity contribution in [1.82, 2.24) is 25.3 Å². The molecule has 2 aliphatic heterocycles. The predicted octanol–water partition coefficient (Wildman–Crippen LogP) is 4.36. The van der Waals surface area contributed by atoms with Crippen LogP contribution in [0.1, 0.15) is 108 Å². The maximum atomic E-state index is 14.1. The Kier molecular flexibility index (Phi) is 13.7. The highest BCUT2D eigenvalue weighted by Gasteiger charge is 2.40. The molecule has 0 saturated carbocycles. The summed E-state index contributed by atoms with van der Waals surface area (Å²) < 4.78 is 0. The minimum atomic E-state index is -0.719. The third kappa shape index (κ3) is 9.79. The van der Waals surface area contributed by atoms with Crippen molar-refractivity contribution in [3.05, 3.63) is 11.6 Å². The minimum absolute atomic E-state index is 0.0241. The van der Waals surface area contributed by atoms with E-state index in [0.717, 1.165) is 38.6 Å². The first-order valence-electron chi connectivity index (χ1n) is 16.6. The molecule has 9 nitrogen and oxygen atoms in total. The van der Waals surface area contributed by atoms with E-state index in [9.17, 15) is 19.2 Å². The Morgan fingerprint density at radius 3 is 2.12 bits per heavy atom. The van der Waals surface area contributed by atoms with Crippen molar-refractivity contribution < 1.29 is 19.2 Å². The van der Waals surface area contributed by atoms with Crippen LogP contribution < -0.4 is 10.6 Å². The zero-order valence-electron chi connectivity index (χ0n) is 29.0. The highest BCUT2D eigenvalue weighted by Crippen LogP contribution is 2.27. The van der Waals surface area contributed by atoms with Gasteiger partial charge >= 0.3 is 0 Å². The summed E-state index contributed by atoms with van der Waals surface area (Å²) in [5, 5.41) is 6.16. The van der Waals surface area contributed by atoms with Gasteiger partial charge in [-0.25, -0.2) is 0 Å². The van der Waals surface area contributed by atoms with Gasteiger partial charge in [0.25, 0.3) is 0 Å². The molecule has 0 bridgehead atoms. The van der Waals surface area contributed by atoms with E-state index in [1.165, 1.54) is 0 Å². The molecule has 5 atom stereocenters. The second kappa shape index (κ2) is 16.1. The second-order valence-corrected chi connectivity index (χ2v) is 14.6. The van der Waals surface area contributed by atoms with Crippen LogP contribution in [0.25, 0.3) is 0 Å². The molecule has 3 unspecified atom stereocenters. The molecule has 0 aliphatic carbocycles. The number of piperidine rings is 1. The summed E-state index contributed by atoms with van der Waals surface area (Å²) in [5.74, 6) is -0.120. The smallest absolute Gasteiger partial charge is 0.249 e. The van der Waals surface area contributed by atoms with Gasteiger partial charge in [-0.3, -0.25) is 24.1 Å². The molecule has 2 saturated heterocycles. The molecular weight excluding hydrogens is 542 g/mol. The van der Waals surface area contributed by atoms with Gasteiger partial charge in [0.05, 0.1) is 12.1 Å². The Balaban J connectivity index is 2.23. The molecule has 0 aromatic rings. The van der Waals surface area contributed by atoms with Crippen LogP contribution in [0.5, 0.6) is 0 Å². The van der Waals surface area contributed by atoms with Crippen molar-refractivity contribution in [3.8, 4) is 0 Å². The number of hydrogen-bond acceptors (Lipinski definition) is 5. The molecule has 4 amide bonds. The van der Waals surface area contributed by atoms with E-state index in [2.05, 4.69) is 43.2 Å². The van der Waals surface area contributed by atoms with Gasteiger partial charge in [0.2, 0.25) is 23.6 Å². The van der Waals surface area contributed by atoms with Gasteiger partial charge in [-0.2, -0.15) is 0 Å². The van der Waals surface area contributed by atoms with E-state index in [-0.39, 0.29) is 47.7 Å². The van der Waals surface area contributed by atoms with Crippen molar-refractivity contribution in [1.29, 1.82) is 0 Å². The lowest BCUT2D eigenvalue weighted by Crippen LogP contribution is -2.60. The van der Waals surface area contributed by atoms with Crippen LogP contribution in [0.3, 0.4) is 0 Å². The molecule has 2 rings (SSSR count). The van der Waals surface area contributed by atoms with Crippen LogP contribution in [-0.2, 0) is 19.2 Å². The van der Waals surface area contributed by atoms with E-state index in [1.807, 2.05) is 40.7 Å². The third-order valence-corrected chi connectivity index (χ3v) is 9.28. The molecule has 9 heteroatoms. The molecule has 2 N–H and O–H groups in total. The molecule has 2 fully saturated rings. The maximum absolute atomic E-state index is 14.1. The summed E-state index contributed by atoms with van der Waals surface area (Å²) in [5.41, 5.74) is 0.00550. The second-order valence-electron chi connectivity index (χ2n) is 14.6. The lowest BCUT2D eigenvalue weighted by molar-refractivity contribution is -0.142. The number of likely N-dealkylation sites (N-methyl/N-ethyl adjacent to an activating group) is 1. The summed E-state index contributed by atoms with van der Waals surface area (Å²) in [4.78, 5) is 59.8. The molecule has 246 valence electrons. The first kappa shape index (κ1) is 36.8. The van der Waals surface area contributed by atoms with Crippen LogP contribution in [0.4, 0.5) is 0 Å². The van der Waals surface area contributed by atoms with Crippen LogP contribution in [0.2, 0.25) is 0 Å². The summed E-state index contributed by atoms with van der Waals surface area (Å²) in [7, 11) is 1.76. The zero-order chi connectivity index (χ0) is 32.6. The van der Waals surface area contributed by atoms with Gasteiger partial charge in [-0.05, 0) is 70.3 Å². The Bertz CT molecular complexity index is 1000. The van der Waals surface area contributed by atoms with Crippen molar-refractivity contribution in [2.75, 3.05) is 26.7 Å². The summed E-state index contributed by atoms with van der Waals surface area (Å²) in [6.45, 7) is 22.2. The Labute approximate surface area is 261 Å². The molecule has 2 heterocycles. The fraction of sp³-hybridized carbons (Fsp3) is 0.824. The van der Waals surface area contributed by atoms with E-state index >= 15 is 0 Å². The minimum Gasteiger partial charge on any atom is -0.354 e. The molecule has 0 radical (unpaired) electrons. The third-order valence-electron chi connectivity index (χ3n) is 9.28. The highest BCUT2D eigenvalue weighted by molar-refractivity contribution is 5.97. The number of carbonyl (C=O) groups is 4. The van der Waals surface area contributed by atoms with Crippen LogP contribution in [0, 0.1) is 17.3 Å². The summed E-state index contributed by atoms with van der Waals surface area (Å²) in [6.07, 6.45) is 7.15. The lowest BCUT2D eigenvalue weighted by Gasteiger charge is -2.41. The molecule has 0 aromatic carbocycles. The average Bonchev–Trinajstić information content (AvgIpc) is 3.45. The van der Waals surface area contributed by atoms with Crippen LogP contribution in [-0.4, -0.2) is 95.2 Å². The van der Waals surface area contributed by atoms with Gasteiger partial charge in [-0.1, -0.05) is 67.4 Å². The van der Waals surface area contributed by atoms with Crippen molar-refractivity contribution >= 4 is 23.6 Å². The number of carbonyl (C=O) groups excluding carboxylic acids is 4. The predicted molar refractivity (Wildman–Crippen MR) is 173 cm³/mol. The average molecular weight is 604 g/mol. The van der Waals surface area contributed by atoms with Gasteiger partial charge < -0.3 is 20.4 Å². The number of amides is 4. The van der Waals surface area contributed by atoms with Crippen LogP contribution >= 0.6 is 0 Å². The molecule has 0 spiro atoms. The van der Waals surface area contributed by atoms with Crippen LogP contribution in [0.15, 0.2) is 11.6 Å². The topological polar surface area (TPSA) is 102 Å².